The van der Waals surface area contributed by atoms with E-state index in [0.717, 1.165) is 41.5 Å². The van der Waals surface area contributed by atoms with E-state index in [1.807, 2.05) is 83.1 Å². The molecule has 0 heterocycles. The number of aryl methyl sites for hydroxylation is 2. The Kier molecular flexibility index (Phi) is 11.8. The highest BCUT2D eigenvalue weighted by Crippen LogP contribution is 2.30. The quantitative estimate of drug-likeness (QED) is 0.316. The lowest BCUT2D eigenvalue weighted by atomic mass is 9.92. The zero-order valence-electron chi connectivity index (χ0n) is 25.9. The van der Waals surface area contributed by atoms with Gasteiger partial charge in [0, 0.05) is 18.5 Å². The lowest BCUT2D eigenvalue weighted by Crippen LogP contribution is -2.55. The number of nitrogens with zero attached hydrogens (tertiary/aromatic N) is 1. The lowest BCUT2D eigenvalue weighted by Gasteiger charge is -2.37. The first-order chi connectivity index (χ1) is 18.6. The maximum absolute atomic E-state index is 14.5. The van der Waals surface area contributed by atoms with Crippen LogP contribution in [0, 0.1) is 13.8 Å². The van der Waals surface area contributed by atoms with E-state index in [9.17, 15) is 14.4 Å². The number of nitrogens with one attached hydrogen (secondary N) is 2. The van der Waals surface area contributed by atoms with Crippen LogP contribution in [0.3, 0.4) is 0 Å². The number of carbonyl (C=O) groups is 3. The Labute approximate surface area is 241 Å². The average molecular weight is 552 g/mol. The summed E-state index contributed by atoms with van der Waals surface area (Å²) in [5.74, 6) is -0.562. The summed E-state index contributed by atoms with van der Waals surface area (Å²) in [5, 5.41) is 5.94. The van der Waals surface area contributed by atoms with Crippen molar-refractivity contribution in [3.63, 3.8) is 0 Å². The number of unbranched alkanes of at least 4 members (excludes halogenated alkanes) is 2. The number of ether oxygens (including phenoxy) is 1. The lowest BCUT2D eigenvalue weighted by molar-refractivity contribution is -0.143. The summed E-state index contributed by atoms with van der Waals surface area (Å²) in [5.41, 5.74) is 2.35. The molecular formula is C33H49N3O4. The molecule has 2 aromatic rings. The van der Waals surface area contributed by atoms with E-state index in [4.69, 9.17) is 4.74 Å². The standard InChI is InChI=1S/C33H49N3O4/c1-10-11-15-21-36(28(29(37)35-32(4,5)6)27-23(2)17-16-18-24(27)3)30(38)26(22-25-19-13-12-14-20-25)34-31(39)40-33(7,8)9/h12-14,16-20,26,28H,10-11,15,21-22H2,1-9H3,(H,34,39)(H,35,37). The van der Waals surface area contributed by atoms with Gasteiger partial charge in [-0.2, -0.15) is 0 Å². The molecule has 0 aliphatic heterocycles. The Hall–Kier alpha value is -3.35. The Morgan fingerprint density at radius 3 is 2.00 bits per heavy atom. The maximum Gasteiger partial charge on any atom is 0.408 e. The first kappa shape index (κ1) is 32.9. The van der Waals surface area contributed by atoms with Crippen LogP contribution in [0.5, 0.6) is 0 Å². The second kappa shape index (κ2) is 14.3. The first-order valence-electron chi connectivity index (χ1n) is 14.3. The highest BCUT2D eigenvalue weighted by Gasteiger charge is 2.38. The molecule has 2 rings (SSSR count). The van der Waals surface area contributed by atoms with E-state index in [-0.39, 0.29) is 18.2 Å². The summed E-state index contributed by atoms with van der Waals surface area (Å²) in [6.45, 7) is 17.5. The van der Waals surface area contributed by atoms with Gasteiger partial charge >= 0.3 is 6.09 Å². The van der Waals surface area contributed by atoms with Crippen molar-refractivity contribution in [2.75, 3.05) is 6.54 Å². The number of hydrogen-bond acceptors (Lipinski definition) is 4. The summed E-state index contributed by atoms with van der Waals surface area (Å²) in [6.07, 6.45) is 2.21. The second-order valence-corrected chi connectivity index (χ2v) is 12.6. The Bertz CT molecular complexity index is 1110. The van der Waals surface area contributed by atoms with Gasteiger partial charge in [0.2, 0.25) is 11.8 Å². The summed E-state index contributed by atoms with van der Waals surface area (Å²) < 4.78 is 5.53. The van der Waals surface area contributed by atoms with E-state index in [0.29, 0.717) is 6.54 Å². The highest BCUT2D eigenvalue weighted by atomic mass is 16.6. The average Bonchev–Trinajstić information content (AvgIpc) is 2.82. The maximum atomic E-state index is 14.5. The van der Waals surface area contributed by atoms with E-state index >= 15 is 0 Å². The van der Waals surface area contributed by atoms with Crippen LogP contribution in [0.25, 0.3) is 0 Å². The van der Waals surface area contributed by atoms with Crippen molar-refractivity contribution in [1.29, 1.82) is 0 Å². The van der Waals surface area contributed by atoms with Gasteiger partial charge in [0.15, 0.2) is 0 Å². The van der Waals surface area contributed by atoms with Crippen molar-refractivity contribution in [3.8, 4) is 0 Å². The van der Waals surface area contributed by atoms with Gasteiger partial charge in [-0.15, -0.1) is 0 Å². The van der Waals surface area contributed by atoms with Crippen LogP contribution in [0.15, 0.2) is 48.5 Å². The van der Waals surface area contributed by atoms with E-state index in [2.05, 4.69) is 17.6 Å². The van der Waals surface area contributed by atoms with E-state index in [1.165, 1.54) is 0 Å². The van der Waals surface area contributed by atoms with Crippen LogP contribution < -0.4 is 10.6 Å². The monoisotopic (exact) mass is 551 g/mol. The third kappa shape index (κ3) is 10.3. The minimum atomic E-state index is -0.923. The van der Waals surface area contributed by atoms with Gasteiger partial charge in [0.1, 0.15) is 17.7 Å². The van der Waals surface area contributed by atoms with Crippen molar-refractivity contribution in [2.45, 2.75) is 111 Å². The minimum absolute atomic E-state index is 0.245. The van der Waals surface area contributed by atoms with Gasteiger partial charge in [-0.25, -0.2) is 4.79 Å². The third-order valence-corrected chi connectivity index (χ3v) is 6.43. The predicted molar refractivity (Wildman–Crippen MR) is 161 cm³/mol. The molecule has 2 atom stereocenters. The number of rotatable bonds is 11. The van der Waals surface area contributed by atoms with Crippen LogP contribution in [-0.4, -0.2) is 46.5 Å². The Morgan fingerprint density at radius 1 is 0.875 bits per heavy atom. The summed E-state index contributed by atoms with van der Waals surface area (Å²) in [4.78, 5) is 43.1. The smallest absolute Gasteiger partial charge is 0.408 e. The van der Waals surface area contributed by atoms with Crippen molar-refractivity contribution in [1.82, 2.24) is 15.5 Å². The predicted octanol–water partition coefficient (Wildman–Crippen LogP) is 6.41. The van der Waals surface area contributed by atoms with Gasteiger partial charge < -0.3 is 20.3 Å². The fourth-order valence-corrected chi connectivity index (χ4v) is 4.72. The van der Waals surface area contributed by atoms with Gasteiger partial charge in [0.25, 0.3) is 0 Å². The fourth-order valence-electron chi connectivity index (χ4n) is 4.72. The molecule has 3 amide bonds. The SMILES string of the molecule is CCCCCN(C(=O)C(Cc1ccccc1)NC(=O)OC(C)(C)C)C(C(=O)NC(C)(C)C)c1c(C)cccc1C. The van der Waals surface area contributed by atoms with Gasteiger partial charge in [-0.3, -0.25) is 9.59 Å². The highest BCUT2D eigenvalue weighted by molar-refractivity contribution is 5.93. The largest absolute Gasteiger partial charge is 0.444 e. The van der Waals surface area contributed by atoms with Crippen LogP contribution in [0.1, 0.15) is 96.0 Å². The molecule has 0 spiro atoms. The van der Waals surface area contributed by atoms with E-state index in [1.54, 1.807) is 25.7 Å². The van der Waals surface area contributed by atoms with Crippen LogP contribution in [0.4, 0.5) is 4.79 Å². The second-order valence-electron chi connectivity index (χ2n) is 12.6. The van der Waals surface area contributed by atoms with Crippen LogP contribution >= 0.6 is 0 Å². The minimum Gasteiger partial charge on any atom is -0.444 e. The topological polar surface area (TPSA) is 87.7 Å². The molecule has 7 heteroatoms. The molecule has 0 bridgehead atoms. The molecule has 0 aromatic heterocycles. The molecule has 7 nitrogen and oxygen atoms in total. The Balaban J connectivity index is 2.64. The van der Waals surface area contributed by atoms with Gasteiger partial charge in [0.05, 0.1) is 0 Å². The molecule has 2 N–H and O–H groups in total. The number of benzene rings is 2. The van der Waals surface area contributed by atoms with Gasteiger partial charge in [-0.1, -0.05) is 68.3 Å². The number of carbonyl (C=O) groups excluding carboxylic acids is 3. The zero-order chi connectivity index (χ0) is 30.1. The molecular weight excluding hydrogens is 502 g/mol. The molecule has 2 aromatic carbocycles. The molecule has 0 fully saturated rings. The molecule has 0 saturated heterocycles. The molecule has 220 valence electrons. The normalized spacial score (nSPS) is 13.2. The molecule has 0 aliphatic rings. The summed E-state index contributed by atoms with van der Waals surface area (Å²) >= 11 is 0. The zero-order valence-corrected chi connectivity index (χ0v) is 25.9. The van der Waals surface area contributed by atoms with E-state index < -0.39 is 29.3 Å². The molecule has 0 saturated carbocycles. The first-order valence-corrected chi connectivity index (χ1v) is 14.3. The third-order valence-electron chi connectivity index (χ3n) is 6.43. The van der Waals surface area contributed by atoms with Crippen molar-refractivity contribution < 1.29 is 19.1 Å². The molecule has 2 unspecified atom stereocenters. The molecule has 40 heavy (non-hydrogen) atoms. The van der Waals surface area contributed by atoms with Gasteiger partial charge in [-0.05, 0) is 84.1 Å². The van der Waals surface area contributed by atoms with Crippen LogP contribution in [-0.2, 0) is 20.7 Å². The van der Waals surface area contributed by atoms with Crippen LogP contribution in [0.2, 0.25) is 0 Å². The number of alkyl carbamates (subject to hydrolysis) is 1. The van der Waals surface area contributed by atoms with Crippen molar-refractivity contribution >= 4 is 17.9 Å². The molecule has 0 aliphatic carbocycles. The number of amides is 3. The summed E-state index contributed by atoms with van der Waals surface area (Å²) in [7, 11) is 0. The fraction of sp³-hybridized carbons (Fsp3) is 0.545. The Morgan fingerprint density at radius 2 is 1.48 bits per heavy atom. The molecule has 0 radical (unpaired) electrons. The van der Waals surface area contributed by atoms with Crippen molar-refractivity contribution in [2.24, 2.45) is 0 Å². The number of hydrogen-bond donors (Lipinski definition) is 2. The summed E-state index contributed by atoms with van der Waals surface area (Å²) in [6, 6.07) is 13.7. The van der Waals surface area contributed by atoms with Crippen molar-refractivity contribution in [3.05, 3.63) is 70.8 Å².